The minimum absolute atomic E-state index is 0.00657. The Labute approximate surface area is 84.2 Å². The average Bonchev–Trinajstić information content (AvgIpc) is 2.74. The van der Waals surface area contributed by atoms with E-state index >= 15 is 0 Å². The fourth-order valence-electron chi connectivity index (χ4n) is 1.24. The maximum Gasteiger partial charge on any atom is 0.0693 e. The van der Waals surface area contributed by atoms with E-state index in [1.54, 1.807) is 11.3 Å². The Balaban J connectivity index is 2.15. The van der Waals surface area contributed by atoms with E-state index in [-0.39, 0.29) is 5.41 Å². The zero-order valence-electron chi connectivity index (χ0n) is 6.51. The lowest BCUT2D eigenvalue weighted by molar-refractivity contribution is 0.671. The number of hydrogen-bond acceptors (Lipinski definition) is 2. The Bertz CT molecular complexity index is 333. The van der Waals surface area contributed by atoms with Crippen molar-refractivity contribution in [3.8, 4) is 6.07 Å². The van der Waals surface area contributed by atoms with Crippen LogP contribution >= 0.6 is 27.3 Å². The summed E-state index contributed by atoms with van der Waals surface area (Å²) in [4.78, 5) is 1.31. The average molecular weight is 242 g/mol. The van der Waals surface area contributed by atoms with Gasteiger partial charge in [0.25, 0.3) is 0 Å². The van der Waals surface area contributed by atoms with Gasteiger partial charge in [-0.15, -0.1) is 11.3 Å². The van der Waals surface area contributed by atoms with Crippen LogP contribution in [0.4, 0.5) is 0 Å². The standard InChI is InChI=1S/C9H8BrNS/c10-7-1-4-12-8(7)5-9(6-11)2-3-9/h1,4H,2-3,5H2. The smallest absolute Gasteiger partial charge is 0.0693 e. The summed E-state index contributed by atoms with van der Waals surface area (Å²) < 4.78 is 1.16. The van der Waals surface area contributed by atoms with Crippen molar-refractivity contribution in [3.05, 3.63) is 20.8 Å². The first kappa shape index (κ1) is 8.28. The molecule has 0 spiro atoms. The molecule has 0 N–H and O–H groups in total. The molecule has 2 rings (SSSR count). The second-order valence-corrected chi connectivity index (χ2v) is 5.12. The first-order valence-corrected chi connectivity index (χ1v) is 5.56. The highest BCUT2D eigenvalue weighted by molar-refractivity contribution is 9.10. The summed E-state index contributed by atoms with van der Waals surface area (Å²) in [5.41, 5.74) is -0.00657. The van der Waals surface area contributed by atoms with Crippen molar-refractivity contribution in [3.63, 3.8) is 0 Å². The van der Waals surface area contributed by atoms with Gasteiger partial charge in [-0.3, -0.25) is 0 Å². The Morgan fingerprint density at radius 1 is 1.67 bits per heavy atom. The van der Waals surface area contributed by atoms with E-state index in [2.05, 4.69) is 27.4 Å². The van der Waals surface area contributed by atoms with Gasteiger partial charge in [0.2, 0.25) is 0 Å². The van der Waals surface area contributed by atoms with Crippen LogP contribution in [0, 0.1) is 16.7 Å². The molecule has 0 radical (unpaired) electrons. The largest absolute Gasteiger partial charge is 0.198 e. The molecule has 62 valence electrons. The summed E-state index contributed by atoms with van der Waals surface area (Å²) in [5.74, 6) is 0. The summed E-state index contributed by atoms with van der Waals surface area (Å²) in [6.07, 6.45) is 3.09. The van der Waals surface area contributed by atoms with Gasteiger partial charge in [-0.2, -0.15) is 5.26 Å². The zero-order valence-corrected chi connectivity index (χ0v) is 8.91. The molecule has 0 atom stereocenters. The second kappa shape index (κ2) is 2.86. The van der Waals surface area contributed by atoms with E-state index < -0.39 is 0 Å². The van der Waals surface area contributed by atoms with E-state index in [4.69, 9.17) is 5.26 Å². The Kier molecular flexibility index (Phi) is 1.97. The molecule has 0 aromatic carbocycles. The van der Waals surface area contributed by atoms with Crippen molar-refractivity contribution in [2.75, 3.05) is 0 Å². The van der Waals surface area contributed by atoms with Crippen LogP contribution in [-0.4, -0.2) is 0 Å². The van der Waals surface area contributed by atoms with Crippen LogP contribution in [0.3, 0.4) is 0 Å². The number of rotatable bonds is 2. The molecule has 0 aliphatic heterocycles. The van der Waals surface area contributed by atoms with Crippen molar-refractivity contribution in [1.82, 2.24) is 0 Å². The predicted molar refractivity (Wildman–Crippen MR) is 53.0 cm³/mol. The molecule has 0 bridgehead atoms. The first-order valence-electron chi connectivity index (χ1n) is 3.89. The number of nitriles is 1. The summed E-state index contributed by atoms with van der Waals surface area (Å²) in [6, 6.07) is 4.45. The van der Waals surface area contributed by atoms with E-state index in [1.165, 1.54) is 4.88 Å². The van der Waals surface area contributed by atoms with Gasteiger partial charge in [0, 0.05) is 15.8 Å². The fraction of sp³-hybridized carbons (Fsp3) is 0.444. The molecule has 3 heteroatoms. The van der Waals surface area contributed by atoms with Crippen molar-refractivity contribution >= 4 is 27.3 Å². The van der Waals surface area contributed by atoms with Crippen LogP contribution in [0.1, 0.15) is 17.7 Å². The summed E-state index contributed by atoms with van der Waals surface area (Å²) in [6.45, 7) is 0. The summed E-state index contributed by atoms with van der Waals surface area (Å²) >= 11 is 5.21. The normalized spacial score (nSPS) is 18.7. The highest BCUT2D eigenvalue weighted by atomic mass is 79.9. The summed E-state index contributed by atoms with van der Waals surface area (Å²) in [5, 5.41) is 10.9. The third kappa shape index (κ3) is 1.41. The molecular formula is C9H8BrNS. The van der Waals surface area contributed by atoms with Crippen LogP contribution in [-0.2, 0) is 6.42 Å². The number of nitrogens with zero attached hydrogens (tertiary/aromatic N) is 1. The third-order valence-electron chi connectivity index (χ3n) is 2.28. The molecule has 0 amide bonds. The van der Waals surface area contributed by atoms with Gasteiger partial charge in [0.05, 0.1) is 11.5 Å². The van der Waals surface area contributed by atoms with Gasteiger partial charge in [-0.25, -0.2) is 0 Å². The Morgan fingerprint density at radius 3 is 2.83 bits per heavy atom. The highest BCUT2D eigenvalue weighted by Gasteiger charge is 2.43. The van der Waals surface area contributed by atoms with E-state index in [0.717, 1.165) is 23.7 Å². The monoisotopic (exact) mass is 241 g/mol. The number of thiophene rings is 1. The Hall–Kier alpha value is -0.330. The van der Waals surface area contributed by atoms with Crippen LogP contribution in [0.2, 0.25) is 0 Å². The predicted octanol–water partition coefficient (Wildman–Crippen LogP) is 3.36. The highest BCUT2D eigenvalue weighted by Crippen LogP contribution is 2.49. The van der Waals surface area contributed by atoms with E-state index in [9.17, 15) is 0 Å². The SMILES string of the molecule is N#CC1(Cc2sccc2Br)CC1. The lowest BCUT2D eigenvalue weighted by Crippen LogP contribution is -1.99. The van der Waals surface area contributed by atoms with Crippen molar-refractivity contribution in [2.45, 2.75) is 19.3 Å². The van der Waals surface area contributed by atoms with Crippen molar-refractivity contribution < 1.29 is 0 Å². The molecule has 1 aliphatic rings. The number of halogens is 1. The minimum Gasteiger partial charge on any atom is -0.198 e. The van der Waals surface area contributed by atoms with Crippen molar-refractivity contribution in [2.24, 2.45) is 5.41 Å². The van der Waals surface area contributed by atoms with Gasteiger partial charge in [0.15, 0.2) is 0 Å². The molecule has 1 nitrogen and oxygen atoms in total. The second-order valence-electron chi connectivity index (χ2n) is 3.26. The molecule has 1 aromatic rings. The fourth-order valence-corrected chi connectivity index (χ4v) is 2.87. The quantitative estimate of drug-likeness (QED) is 0.780. The van der Waals surface area contributed by atoms with Crippen LogP contribution in [0.5, 0.6) is 0 Å². The van der Waals surface area contributed by atoms with Gasteiger partial charge in [-0.1, -0.05) is 0 Å². The Morgan fingerprint density at radius 2 is 2.42 bits per heavy atom. The van der Waals surface area contributed by atoms with Crippen LogP contribution < -0.4 is 0 Å². The molecule has 1 heterocycles. The third-order valence-corrected chi connectivity index (χ3v) is 4.21. The van der Waals surface area contributed by atoms with E-state index in [1.807, 2.05) is 6.07 Å². The molecular weight excluding hydrogens is 234 g/mol. The minimum atomic E-state index is -0.00657. The zero-order chi connectivity index (χ0) is 8.60. The molecule has 1 aromatic heterocycles. The van der Waals surface area contributed by atoms with Crippen LogP contribution in [0.25, 0.3) is 0 Å². The van der Waals surface area contributed by atoms with Gasteiger partial charge < -0.3 is 0 Å². The topological polar surface area (TPSA) is 23.8 Å². The van der Waals surface area contributed by atoms with Gasteiger partial charge in [0.1, 0.15) is 0 Å². The number of hydrogen-bond donors (Lipinski definition) is 0. The molecule has 1 saturated carbocycles. The van der Waals surface area contributed by atoms with Gasteiger partial charge in [-0.05, 0) is 40.2 Å². The first-order chi connectivity index (χ1) is 5.76. The van der Waals surface area contributed by atoms with Crippen molar-refractivity contribution in [1.29, 1.82) is 5.26 Å². The maximum absolute atomic E-state index is 8.89. The molecule has 0 unspecified atom stereocenters. The molecule has 1 fully saturated rings. The van der Waals surface area contributed by atoms with Gasteiger partial charge >= 0.3 is 0 Å². The van der Waals surface area contributed by atoms with E-state index in [0.29, 0.717) is 0 Å². The lowest BCUT2D eigenvalue weighted by Gasteiger charge is -2.02. The maximum atomic E-state index is 8.89. The molecule has 0 saturated heterocycles. The molecule has 1 aliphatic carbocycles. The van der Waals surface area contributed by atoms with Crippen LogP contribution in [0.15, 0.2) is 15.9 Å². The summed E-state index contributed by atoms with van der Waals surface area (Å²) in [7, 11) is 0. The molecule has 12 heavy (non-hydrogen) atoms. The lowest BCUT2D eigenvalue weighted by atomic mass is 10.0.